The first-order valence-corrected chi connectivity index (χ1v) is 5.20. The van der Waals surface area contributed by atoms with E-state index >= 15 is 0 Å². The Morgan fingerprint density at radius 1 is 0.950 bits per heavy atom. The highest BCUT2D eigenvalue weighted by molar-refractivity contribution is 6.08. The number of carbonyl (C=O) groups excluding carboxylic acids is 1. The van der Waals surface area contributed by atoms with Gasteiger partial charge in [-0.1, -0.05) is 29.8 Å². The Hall–Kier alpha value is -1.99. The Morgan fingerprint density at radius 3 is 1.70 bits per heavy atom. The monoisotopic (exact) mass is 297 g/mol. The van der Waals surface area contributed by atoms with Crippen LogP contribution in [0.25, 0.3) is 0 Å². The minimum Gasteiger partial charge on any atom is -0.395 e. The number of allylic oxidation sites excluding steroid dienone is 2. The van der Waals surface area contributed by atoms with Crippen molar-refractivity contribution in [1.82, 2.24) is 0 Å². The van der Waals surface area contributed by atoms with Gasteiger partial charge in [0.1, 0.15) is 0 Å². The molecule has 0 bridgehead atoms. The van der Waals surface area contributed by atoms with Crippen LogP contribution < -0.4 is 5.73 Å². The standard InChI is InChI=1S/C12H9F6NO/c1-6-2-4-7(5-3-6)9(20)8(19)10(11(13,14)15)12(16,17)18/h2-5H,19H2,1H3. The van der Waals surface area contributed by atoms with E-state index in [4.69, 9.17) is 5.73 Å². The summed E-state index contributed by atoms with van der Waals surface area (Å²) in [5, 5.41) is 0. The first kappa shape index (κ1) is 16.1. The van der Waals surface area contributed by atoms with Crippen molar-refractivity contribution in [3.05, 3.63) is 46.7 Å². The summed E-state index contributed by atoms with van der Waals surface area (Å²) in [5.74, 6) is -1.52. The molecule has 0 fully saturated rings. The van der Waals surface area contributed by atoms with Crippen molar-refractivity contribution < 1.29 is 31.1 Å². The molecule has 0 aliphatic rings. The average molecular weight is 297 g/mol. The van der Waals surface area contributed by atoms with Crippen molar-refractivity contribution in [2.24, 2.45) is 5.73 Å². The molecule has 0 amide bonds. The maximum atomic E-state index is 12.4. The topological polar surface area (TPSA) is 43.1 Å². The minimum atomic E-state index is -5.76. The van der Waals surface area contributed by atoms with Gasteiger partial charge in [-0.15, -0.1) is 0 Å². The van der Waals surface area contributed by atoms with Crippen molar-refractivity contribution in [1.29, 1.82) is 0 Å². The zero-order chi connectivity index (χ0) is 15.7. The van der Waals surface area contributed by atoms with Gasteiger partial charge in [-0.3, -0.25) is 4.79 Å². The molecule has 0 aliphatic heterocycles. The number of rotatable bonds is 2. The highest BCUT2D eigenvalue weighted by Crippen LogP contribution is 2.40. The number of alkyl halides is 6. The normalized spacial score (nSPS) is 12.2. The predicted molar refractivity (Wildman–Crippen MR) is 58.8 cm³/mol. The SMILES string of the molecule is Cc1ccc(C(=O)C(N)=C(C(F)(F)F)C(F)(F)F)cc1. The molecule has 0 aliphatic carbocycles. The number of nitrogens with two attached hydrogens (primary N) is 1. The molecule has 0 saturated carbocycles. The lowest BCUT2D eigenvalue weighted by molar-refractivity contribution is -0.172. The first-order chi connectivity index (χ1) is 8.94. The fraction of sp³-hybridized carbons (Fsp3) is 0.250. The summed E-state index contributed by atoms with van der Waals surface area (Å²) in [7, 11) is 0. The van der Waals surface area contributed by atoms with E-state index in [2.05, 4.69) is 0 Å². The molecule has 1 aromatic carbocycles. The highest BCUT2D eigenvalue weighted by Gasteiger charge is 2.53. The smallest absolute Gasteiger partial charge is 0.395 e. The number of hydrogen-bond acceptors (Lipinski definition) is 2. The van der Waals surface area contributed by atoms with E-state index < -0.39 is 29.4 Å². The average Bonchev–Trinajstić information content (AvgIpc) is 2.25. The Morgan fingerprint density at radius 2 is 1.35 bits per heavy atom. The van der Waals surface area contributed by atoms with Gasteiger partial charge in [-0.25, -0.2) is 0 Å². The number of ketones is 1. The zero-order valence-corrected chi connectivity index (χ0v) is 10.1. The molecule has 110 valence electrons. The van der Waals surface area contributed by atoms with Gasteiger partial charge in [-0.2, -0.15) is 26.3 Å². The summed E-state index contributed by atoms with van der Waals surface area (Å²) in [4.78, 5) is 11.6. The number of halogens is 6. The van der Waals surface area contributed by atoms with Crippen LogP contribution in [0.5, 0.6) is 0 Å². The highest BCUT2D eigenvalue weighted by atomic mass is 19.4. The van der Waals surface area contributed by atoms with Crippen LogP contribution in [0.15, 0.2) is 35.5 Å². The maximum Gasteiger partial charge on any atom is 0.423 e. The fourth-order valence-electron chi connectivity index (χ4n) is 1.44. The molecule has 0 saturated heterocycles. The summed E-state index contributed by atoms with van der Waals surface area (Å²) in [6.07, 6.45) is -11.5. The summed E-state index contributed by atoms with van der Waals surface area (Å²) >= 11 is 0. The first-order valence-electron chi connectivity index (χ1n) is 5.20. The molecule has 8 heteroatoms. The van der Waals surface area contributed by atoms with E-state index in [1.807, 2.05) is 0 Å². The lowest BCUT2D eigenvalue weighted by atomic mass is 10.0. The van der Waals surface area contributed by atoms with E-state index in [9.17, 15) is 31.1 Å². The summed E-state index contributed by atoms with van der Waals surface area (Å²) < 4.78 is 74.4. The summed E-state index contributed by atoms with van der Waals surface area (Å²) in [6, 6.07) is 4.96. The van der Waals surface area contributed by atoms with Crippen LogP contribution in [-0.2, 0) is 0 Å². The van der Waals surface area contributed by atoms with E-state index in [0.29, 0.717) is 5.56 Å². The molecule has 0 unspecified atom stereocenters. The Labute approximate surface area is 109 Å². The Bertz CT molecular complexity index is 523. The van der Waals surface area contributed by atoms with Crippen molar-refractivity contribution in [3.63, 3.8) is 0 Å². The Kier molecular flexibility index (Phi) is 4.16. The number of hydrogen-bond donors (Lipinski definition) is 1. The van der Waals surface area contributed by atoms with Gasteiger partial charge in [0.2, 0.25) is 5.78 Å². The molecule has 0 spiro atoms. The van der Waals surface area contributed by atoms with E-state index in [1.54, 1.807) is 6.92 Å². The summed E-state index contributed by atoms with van der Waals surface area (Å²) in [5.41, 5.74) is 0.280. The van der Waals surface area contributed by atoms with Crippen molar-refractivity contribution in [2.75, 3.05) is 0 Å². The van der Waals surface area contributed by atoms with Crippen LogP contribution in [0.3, 0.4) is 0 Å². The third kappa shape index (κ3) is 3.52. The van der Waals surface area contributed by atoms with Crippen molar-refractivity contribution >= 4 is 5.78 Å². The zero-order valence-electron chi connectivity index (χ0n) is 10.1. The second kappa shape index (κ2) is 5.18. The lowest BCUT2D eigenvalue weighted by Gasteiger charge is -2.17. The van der Waals surface area contributed by atoms with Crippen LogP contribution in [0.2, 0.25) is 0 Å². The van der Waals surface area contributed by atoms with Gasteiger partial charge in [0, 0.05) is 5.56 Å². The number of aryl methyl sites for hydroxylation is 1. The van der Waals surface area contributed by atoms with Crippen molar-refractivity contribution in [2.45, 2.75) is 19.3 Å². The maximum absolute atomic E-state index is 12.4. The van der Waals surface area contributed by atoms with Crippen LogP contribution in [0, 0.1) is 6.92 Å². The molecule has 2 nitrogen and oxygen atoms in total. The Balaban J connectivity index is 3.36. The third-order valence-electron chi connectivity index (χ3n) is 2.39. The van der Waals surface area contributed by atoms with Crippen LogP contribution in [-0.4, -0.2) is 18.1 Å². The fourth-order valence-corrected chi connectivity index (χ4v) is 1.44. The van der Waals surface area contributed by atoms with Gasteiger partial charge in [0.25, 0.3) is 0 Å². The number of carbonyl (C=O) groups is 1. The predicted octanol–water partition coefficient (Wildman–Crippen LogP) is 3.52. The van der Waals surface area contributed by atoms with E-state index in [0.717, 1.165) is 12.1 Å². The van der Waals surface area contributed by atoms with Gasteiger partial charge in [0.15, 0.2) is 5.57 Å². The molecular weight excluding hydrogens is 288 g/mol. The van der Waals surface area contributed by atoms with Gasteiger partial charge in [-0.05, 0) is 6.92 Å². The minimum absolute atomic E-state index is 0.348. The quantitative estimate of drug-likeness (QED) is 0.515. The molecule has 1 rings (SSSR count). The third-order valence-corrected chi connectivity index (χ3v) is 2.39. The van der Waals surface area contributed by atoms with Crippen LogP contribution in [0.1, 0.15) is 15.9 Å². The molecule has 0 radical (unpaired) electrons. The van der Waals surface area contributed by atoms with Gasteiger partial charge >= 0.3 is 12.4 Å². The van der Waals surface area contributed by atoms with Gasteiger partial charge < -0.3 is 5.73 Å². The van der Waals surface area contributed by atoms with E-state index in [1.165, 1.54) is 12.1 Å². The molecular formula is C12H9F6NO. The number of benzene rings is 1. The molecule has 20 heavy (non-hydrogen) atoms. The number of Topliss-reactive ketones (excluding diaryl/α,β-unsaturated/α-hetero) is 1. The van der Waals surface area contributed by atoms with Crippen LogP contribution in [0.4, 0.5) is 26.3 Å². The molecule has 0 aromatic heterocycles. The summed E-state index contributed by atoms with van der Waals surface area (Å²) in [6.45, 7) is 1.64. The lowest BCUT2D eigenvalue weighted by Crippen LogP contribution is -2.32. The van der Waals surface area contributed by atoms with Crippen molar-refractivity contribution in [3.8, 4) is 0 Å². The molecule has 0 heterocycles. The van der Waals surface area contributed by atoms with Crippen LogP contribution >= 0.6 is 0 Å². The second-order valence-electron chi connectivity index (χ2n) is 3.98. The molecule has 1 aromatic rings. The van der Waals surface area contributed by atoms with Gasteiger partial charge in [0.05, 0.1) is 5.70 Å². The molecule has 0 atom stereocenters. The largest absolute Gasteiger partial charge is 0.423 e. The second-order valence-corrected chi connectivity index (χ2v) is 3.98. The van der Waals surface area contributed by atoms with E-state index in [-0.39, 0.29) is 5.56 Å². The molecule has 2 N–H and O–H groups in total.